The Morgan fingerprint density at radius 3 is 0.718 bits per heavy atom. The van der Waals surface area contributed by atoms with E-state index < -0.39 is 403 Å². The van der Waals surface area contributed by atoms with Crippen LogP contribution in [0.1, 0.15) is 63.1 Å². The molecule has 0 saturated carbocycles. The minimum Gasteiger partial charge on any atom is -0.306 e. The maximum Gasteiger partial charge on any atom is 0.104 e. The highest BCUT2D eigenvalue weighted by Gasteiger charge is 2.35. The zero-order chi connectivity index (χ0) is 88.0. The van der Waals surface area contributed by atoms with E-state index in [1.807, 2.05) is 6.07 Å². The molecule has 0 fully saturated rings. The molecule has 0 aliphatic carbocycles. The molecule has 362 valence electrons. The average Bonchev–Trinajstić information content (AvgIpc) is 1.49. The number of fused-ring (bicyclic) bond motifs is 12. The first-order valence-corrected chi connectivity index (χ1v) is 23.1. The molecule has 78 heavy (non-hydrogen) atoms. The van der Waals surface area contributed by atoms with Crippen molar-refractivity contribution in [3.63, 3.8) is 0 Å². The van der Waals surface area contributed by atoms with Gasteiger partial charge in [0.05, 0.1) is 124 Å². The van der Waals surface area contributed by atoms with E-state index in [9.17, 15) is 54.6 Å². The van der Waals surface area contributed by atoms with Crippen molar-refractivity contribution in [2.45, 2.75) is 0 Å². The Bertz CT molecular complexity index is 6950. The molecule has 0 unspecified atom stereocenters. The monoisotopic (exact) mass is 1030 g/mol. The lowest BCUT2D eigenvalue weighted by Gasteiger charge is -2.29. The van der Waals surface area contributed by atoms with Gasteiger partial charge in [-0.25, -0.2) is 0 Å². The van der Waals surface area contributed by atoms with Gasteiger partial charge < -0.3 is 18.3 Å². The van der Waals surface area contributed by atoms with E-state index in [-0.39, 0.29) is 0 Å². The number of nitrogens with zero attached hydrogens (tertiary/aromatic N) is 5. The van der Waals surface area contributed by atoms with Gasteiger partial charge in [-0.15, -0.1) is 0 Å². The highest BCUT2D eigenvalue weighted by molar-refractivity contribution is 6.17. The maximum absolute atomic E-state index is 13.5. The van der Waals surface area contributed by atoms with Crippen molar-refractivity contribution in [3.8, 4) is 62.2 Å². The van der Waals surface area contributed by atoms with Crippen molar-refractivity contribution < 1.29 is 57.6 Å². The number of rotatable bonds is 7. The standard InChI is InChI=1S/C73H45N5/c74-46-60-70(75-61-35-15-7-27-52(61)53-28-8-16-36-62(53)75)72(77-65-39-19-11-31-56(65)57-32-12-20-40-66(57)77)69(51-44-49(47-23-3-1-4-24-47)43-50(45-51)48-25-5-2-6-26-48)73(78-67-41-21-13-33-58(67)59-34-14-22-42-68(59)78)71(60)76-63-37-17-9-29-54(63)55-30-10-18-38-64(55)76/h1-45H/i1D,2D,3D,4D,5D,6D,7D,8D,9D,10D,11D,12D,13D,14D,15D,16D,17D,18D,19D,20D,21D,22D,23D,24D,25D,26D,27D,28D,29D,30D,31D,32D,33D,34D,35D,36D,37D,38D,39D,40D,41D,42D. The van der Waals surface area contributed by atoms with E-state index in [4.69, 9.17) is 8.22 Å². The zero-order valence-electron chi connectivity index (χ0n) is 81.0. The Morgan fingerprint density at radius 1 is 0.244 bits per heavy atom. The third-order valence-electron chi connectivity index (χ3n) is 13.3. The van der Waals surface area contributed by atoms with Crippen LogP contribution in [0.15, 0.2) is 272 Å². The fourth-order valence-corrected chi connectivity index (χ4v) is 10.4. The molecule has 0 spiro atoms. The first-order valence-electron chi connectivity index (χ1n) is 44.1. The molecule has 4 aromatic heterocycles. The lowest BCUT2D eigenvalue weighted by molar-refractivity contribution is 1.04. The van der Waals surface area contributed by atoms with E-state index in [0.29, 0.717) is 18.3 Å². The second-order valence-electron chi connectivity index (χ2n) is 17.2. The second-order valence-corrected chi connectivity index (χ2v) is 17.2. The maximum atomic E-state index is 13.5. The SMILES string of the molecule is [2H]c1c([2H])c([2H])c(-c2cc(-c3c([2H])c([2H])c([2H])c([2H])c3[2H])cc(-c3c(-n4c5c([2H])c([2H])c([2H])c([2H])c5c5c([2H])c([2H])c([2H])c([2H])c54)c(-n4c5c([2H])c([2H])c([2H])c([2H])c5c5c([2H])c([2H])c([2H])c([2H])c54)c(C#N)c(-n4c5c([2H])c([2H])c([2H])c([2H])c5c5c([2H])c([2H])c([2H])c([2H])c54)c3-n3c4c([2H])c([2H])c([2H])c([2H])c4c4c([2H])c([2H])c([2H])c([2H])c43)c2)c([2H])c1[2H]. The minimum absolute atomic E-state index is 0.540. The van der Waals surface area contributed by atoms with Gasteiger partial charge in [-0.3, -0.25) is 0 Å². The summed E-state index contributed by atoms with van der Waals surface area (Å²) in [5, 5.41) is 6.35. The fraction of sp³-hybridized carbons (Fsp3) is 0. The fourth-order valence-electron chi connectivity index (χ4n) is 10.4. The summed E-state index contributed by atoms with van der Waals surface area (Å²) < 4.78 is 407. The molecule has 0 aliphatic rings. The Kier molecular flexibility index (Phi) is 4.22. The van der Waals surface area contributed by atoms with Crippen LogP contribution in [0.5, 0.6) is 0 Å². The number of nitriles is 1. The van der Waals surface area contributed by atoms with E-state index in [2.05, 4.69) is 0 Å². The summed E-state index contributed by atoms with van der Waals surface area (Å²) in [7, 11) is 0. The second kappa shape index (κ2) is 17.2. The van der Waals surface area contributed by atoms with E-state index in [1.165, 1.54) is 0 Å². The average molecular weight is 1030 g/mol. The molecular weight excluding hydrogens is 947 g/mol. The molecule has 5 heteroatoms. The summed E-state index contributed by atoms with van der Waals surface area (Å²) in [5.74, 6) is 0. The normalized spacial score (nSPS) is 19.4. The van der Waals surface area contributed by atoms with Crippen LogP contribution in [0.2, 0.25) is 0 Å². The summed E-state index contributed by atoms with van der Waals surface area (Å²) >= 11 is 0. The number of hydrogen-bond acceptors (Lipinski definition) is 1. The van der Waals surface area contributed by atoms with Gasteiger partial charge in [-0.05, 0) is 94.4 Å². The quantitative estimate of drug-likeness (QED) is 0.157. The van der Waals surface area contributed by atoms with Gasteiger partial charge in [0.2, 0.25) is 0 Å². The van der Waals surface area contributed by atoms with Crippen LogP contribution in [0.4, 0.5) is 0 Å². The molecule has 12 aromatic carbocycles. The van der Waals surface area contributed by atoms with Gasteiger partial charge >= 0.3 is 0 Å². The van der Waals surface area contributed by atoms with Crippen LogP contribution < -0.4 is 0 Å². The van der Waals surface area contributed by atoms with E-state index in [0.717, 1.165) is 18.2 Å². The molecule has 4 heterocycles. The summed E-state index contributed by atoms with van der Waals surface area (Å²) in [6.45, 7) is 0. The van der Waals surface area contributed by atoms with Gasteiger partial charge in [0.15, 0.2) is 0 Å². The van der Waals surface area contributed by atoms with Crippen LogP contribution in [0.25, 0.3) is 143 Å². The highest BCUT2D eigenvalue weighted by Crippen LogP contribution is 2.52. The molecule has 0 aliphatic heterocycles. The Balaban J connectivity index is 1.46. The first kappa shape index (κ1) is 19.2. The Hall–Kier alpha value is -10.7. The molecule has 0 N–H and O–H groups in total. The molecule has 0 atom stereocenters. The van der Waals surface area contributed by atoms with Crippen molar-refractivity contribution in [2.75, 3.05) is 0 Å². The molecule has 0 amide bonds. The third kappa shape index (κ3) is 6.29. The molecule has 0 radical (unpaired) electrons. The van der Waals surface area contributed by atoms with Crippen LogP contribution in [-0.2, 0) is 0 Å². The van der Waals surface area contributed by atoms with Gasteiger partial charge in [-0.1, -0.05) is 205 Å². The molecule has 5 nitrogen and oxygen atoms in total. The van der Waals surface area contributed by atoms with Gasteiger partial charge in [0, 0.05) is 48.7 Å². The number of benzene rings is 12. The predicted molar refractivity (Wildman–Crippen MR) is 325 cm³/mol. The lowest BCUT2D eigenvalue weighted by atomic mass is 9.89. The summed E-state index contributed by atoms with van der Waals surface area (Å²) in [6.07, 6.45) is 0. The van der Waals surface area contributed by atoms with Crippen LogP contribution >= 0.6 is 0 Å². The first-order chi connectivity index (χ1) is 56.1. The van der Waals surface area contributed by atoms with Crippen LogP contribution in [0.3, 0.4) is 0 Å². The zero-order valence-corrected chi connectivity index (χ0v) is 39.0. The molecule has 16 aromatic rings. The van der Waals surface area contributed by atoms with Crippen molar-refractivity contribution in [2.24, 2.45) is 0 Å². The summed E-state index contributed by atoms with van der Waals surface area (Å²) in [5.41, 5.74) is -20.7. The highest BCUT2D eigenvalue weighted by atomic mass is 15.1. The van der Waals surface area contributed by atoms with Crippen molar-refractivity contribution >= 4 is 87.2 Å². The number of aromatic nitrogens is 4. The van der Waals surface area contributed by atoms with Gasteiger partial charge in [0.25, 0.3) is 0 Å². The van der Waals surface area contributed by atoms with Crippen molar-refractivity contribution in [3.05, 3.63) is 278 Å². The smallest absolute Gasteiger partial charge is 0.104 e. The van der Waals surface area contributed by atoms with Crippen LogP contribution in [0, 0.1) is 11.3 Å². The summed E-state index contributed by atoms with van der Waals surface area (Å²) in [6, 6.07) is -44.9. The Morgan fingerprint density at radius 2 is 0.462 bits per heavy atom. The van der Waals surface area contributed by atoms with Gasteiger partial charge in [-0.2, -0.15) is 5.26 Å². The number of para-hydroxylation sites is 8. The minimum atomic E-state index is -1.43. The van der Waals surface area contributed by atoms with E-state index in [1.54, 1.807) is 0 Å². The largest absolute Gasteiger partial charge is 0.306 e. The number of hydrogen-bond donors (Lipinski definition) is 0. The van der Waals surface area contributed by atoms with Gasteiger partial charge in [0.1, 0.15) is 11.6 Å². The summed E-state index contributed by atoms with van der Waals surface area (Å²) in [4.78, 5) is 0. The molecule has 0 saturated heterocycles. The lowest BCUT2D eigenvalue weighted by Crippen LogP contribution is -2.16. The molecule has 0 bridgehead atoms. The topological polar surface area (TPSA) is 43.5 Å². The van der Waals surface area contributed by atoms with Crippen molar-refractivity contribution in [1.29, 1.82) is 5.26 Å². The van der Waals surface area contributed by atoms with Crippen molar-refractivity contribution in [1.82, 2.24) is 18.3 Å². The van der Waals surface area contributed by atoms with E-state index >= 15 is 0 Å². The molecular formula is C73H45N5. The Labute approximate surface area is 508 Å². The third-order valence-corrected chi connectivity index (χ3v) is 13.3. The molecule has 16 rings (SSSR count). The van der Waals surface area contributed by atoms with Crippen LogP contribution in [-0.4, -0.2) is 18.3 Å². The predicted octanol–water partition coefficient (Wildman–Crippen LogP) is 18.9.